The first-order chi connectivity index (χ1) is 8.34. The van der Waals surface area contributed by atoms with Gasteiger partial charge in [0.2, 0.25) is 0 Å². The van der Waals surface area contributed by atoms with Gasteiger partial charge >= 0.3 is 0 Å². The highest BCUT2D eigenvalue weighted by Gasteiger charge is 2.04. The van der Waals surface area contributed by atoms with E-state index in [1.165, 1.54) is 0 Å². The number of ketones is 1. The molecule has 0 atom stereocenters. The maximum absolute atomic E-state index is 11.6. The van der Waals surface area contributed by atoms with E-state index in [1.54, 1.807) is 11.3 Å². The molecule has 1 aromatic carbocycles. The highest BCUT2D eigenvalue weighted by atomic mass is 32.1. The average molecular weight is 246 g/mol. The van der Waals surface area contributed by atoms with Gasteiger partial charge in [-0.15, -0.1) is 11.3 Å². The number of para-hydroxylation sites is 1. The third kappa shape index (κ3) is 4.04. The van der Waals surface area contributed by atoms with Gasteiger partial charge in [0.05, 0.1) is 6.61 Å². The fourth-order valence-electron chi connectivity index (χ4n) is 1.50. The number of hydrogen-bond acceptors (Lipinski definition) is 3. The monoisotopic (exact) mass is 246 g/mol. The van der Waals surface area contributed by atoms with Crippen molar-refractivity contribution in [2.24, 2.45) is 0 Å². The summed E-state index contributed by atoms with van der Waals surface area (Å²) in [4.78, 5) is 12.7. The molecule has 0 aliphatic heterocycles. The zero-order chi connectivity index (χ0) is 11.9. The van der Waals surface area contributed by atoms with Crippen LogP contribution in [-0.2, 0) is 11.2 Å². The van der Waals surface area contributed by atoms with Crippen LogP contribution < -0.4 is 4.74 Å². The van der Waals surface area contributed by atoms with Crippen molar-refractivity contribution in [2.75, 3.05) is 6.61 Å². The van der Waals surface area contributed by atoms with Crippen molar-refractivity contribution in [2.45, 2.75) is 12.8 Å². The Balaban J connectivity index is 1.70. The van der Waals surface area contributed by atoms with E-state index in [4.69, 9.17) is 4.74 Å². The first kappa shape index (κ1) is 11.9. The van der Waals surface area contributed by atoms with Gasteiger partial charge < -0.3 is 4.74 Å². The van der Waals surface area contributed by atoms with Gasteiger partial charge in [-0.1, -0.05) is 24.3 Å². The van der Waals surface area contributed by atoms with Crippen molar-refractivity contribution in [1.82, 2.24) is 0 Å². The molecule has 0 saturated carbocycles. The molecule has 0 saturated heterocycles. The molecule has 0 aliphatic rings. The van der Waals surface area contributed by atoms with Gasteiger partial charge in [0.15, 0.2) is 0 Å². The summed E-state index contributed by atoms with van der Waals surface area (Å²) < 4.78 is 5.48. The van der Waals surface area contributed by atoms with Gasteiger partial charge in [-0.3, -0.25) is 4.79 Å². The molecule has 2 aromatic rings. The number of ether oxygens (including phenoxy) is 1. The number of hydrogen-bond donors (Lipinski definition) is 0. The minimum Gasteiger partial charge on any atom is -0.493 e. The van der Waals surface area contributed by atoms with E-state index in [2.05, 4.69) is 0 Å². The van der Waals surface area contributed by atoms with Crippen LogP contribution in [0.1, 0.15) is 11.3 Å². The fraction of sp³-hybridized carbons (Fsp3) is 0.214. The SMILES string of the molecule is O=C(CCOc1ccccc1)Cc1cccs1. The quantitative estimate of drug-likeness (QED) is 0.781. The Labute approximate surface area is 105 Å². The largest absolute Gasteiger partial charge is 0.493 e. The van der Waals surface area contributed by atoms with Crippen LogP contribution in [0.3, 0.4) is 0 Å². The van der Waals surface area contributed by atoms with Crippen LogP contribution >= 0.6 is 11.3 Å². The van der Waals surface area contributed by atoms with Crippen molar-refractivity contribution >= 4 is 17.1 Å². The van der Waals surface area contributed by atoms with E-state index >= 15 is 0 Å². The Morgan fingerprint density at radius 1 is 1.12 bits per heavy atom. The molecule has 0 amide bonds. The van der Waals surface area contributed by atoms with Crippen LogP contribution in [0.5, 0.6) is 5.75 Å². The first-order valence-corrected chi connectivity index (χ1v) is 6.44. The van der Waals surface area contributed by atoms with E-state index in [0.717, 1.165) is 10.6 Å². The molecule has 2 rings (SSSR count). The molecule has 1 aromatic heterocycles. The molecule has 0 radical (unpaired) electrons. The average Bonchev–Trinajstić information content (AvgIpc) is 2.83. The third-order valence-corrected chi connectivity index (χ3v) is 3.22. The second-order valence-electron chi connectivity index (χ2n) is 3.71. The summed E-state index contributed by atoms with van der Waals surface area (Å²) in [6.45, 7) is 0.453. The maximum atomic E-state index is 11.6. The zero-order valence-electron chi connectivity index (χ0n) is 9.46. The highest BCUT2D eigenvalue weighted by molar-refractivity contribution is 7.10. The molecular formula is C14H14O2S. The number of rotatable bonds is 6. The molecule has 0 spiro atoms. The molecular weight excluding hydrogens is 232 g/mol. The van der Waals surface area contributed by atoms with E-state index in [-0.39, 0.29) is 5.78 Å². The lowest BCUT2D eigenvalue weighted by Crippen LogP contribution is -2.08. The van der Waals surface area contributed by atoms with Crippen LogP contribution in [0.2, 0.25) is 0 Å². The van der Waals surface area contributed by atoms with E-state index in [0.29, 0.717) is 19.4 Å². The predicted octanol–water partition coefficient (Wildman–Crippen LogP) is 3.33. The van der Waals surface area contributed by atoms with Crippen LogP contribution in [-0.4, -0.2) is 12.4 Å². The van der Waals surface area contributed by atoms with Crippen molar-refractivity contribution in [3.63, 3.8) is 0 Å². The van der Waals surface area contributed by atoms with Crippen LogP contribution in [0.15, 0.2) is 47.8 Å². The first-order valence-electron chi connectivity index (χ1n) is 5.56. The Kier molecular flexibility index (Phi) is 4.33. The number of Topliss-reactive ketones (excluding diaryl/α,β-unsaturated/α-hetero) is 1. The zero-order valence-corrected chi connectivity index (χ0v) is 10.3. The van der Waals surface area contributed by atoms with Crippen molar-refractivity contribution in [1.29, 1.82) is 0 Å². The van der Waals surface area contributed by atoms with E-state index < -0.39 is 0 Å². The topological polar surface area (TPSA) is 26.3 Å². The molecule has 0 unspecified atom stereocenters. The van der Waals surface area contributed by atoms with Crippen LogP contribution in [0, 0.1) is 0 Å². The summed E-state index contributed by atoms with van der Waals surface area (Å²) in [5.74, 6) is 1.04. The summed E-state index contributed by atoms with van der Waals surface area (Å²) in [6, 6.07) is 13.5. The van der Waals surface area contributed by atoms with Gasteiger partial charge in [-0.05, 0) is 23.6 Å². The summed E-state index contributed by atoms with van der Waals surface area (Å²) >= 11 is 1.62. The lowest BCUT2D eigenvalue weighted by Gasteiger charge is -2.04. The van der Waals surface area contributed by atoms with Gasteiger partial charge in [-0.25, -0.2) is 0 Å². The second-order valence-corrected chi connectivity index (χ2v) is 4.74. The van der Waals surface area contributed by atoms with E-state index in [9.17, 15) is 4.79 Å². The third-order valence-electron chi connectivity index (χ3n) is 2.34. The summed E-state index contributed by atoms with van der Waals surface area (Å²) in [6.07, 6.45) is 0.989. The minimum atomic E-state index is 0.225. The highest BCUT2D eigenvalue weighted by Crippen LogP contribution is 2.11. The number of thiophene rings is 1. The molecule has 0 N–H and O–H groups in total. The Morgan fingerprint density at radius 3 is 2.65 bits per heavy atom. The van der Waals surface area contributed by atoms with Crippen LogP contribution in [0.25, 0.3) is 0 Å². The van der Waals surface area contributed by atoms with Crippen LogP contribution in [0.4, 0.5) is 0 Å². The lowest BCUT2D eigenvalue weighted by molar-refractivity contribution is -0.118. The smallest absolute Gasteiger partial charge is 0.141 e. The Morgan fingerprint density at radius 2 is 1.94 bits per heavy atom. The molecule has 3 heteroatoms. The lowest BCUT2D eigenvalue weighted by atomic mass is 10.2. The molecule has 2 nitrogen and oxygen atoms in total. The number of benzene rings is 1. The molecule has 88 valence electrons. The molecule has 1 heterocycles. The normalized spacial score (nSPS) is 10.1. The Hall–Kier alpha value is -1.61. The van der Waals surface area contributed by atoms with Gasteiger partial charge in [0.1, 0.15) is 11.5 Å². The number of carbonyl (C=O) groups is 1. The molecule has 0 fully saturated rings. The predicted molar refractivity (Wildman–Crippen MR) is 69.6 cm³/mol. The number of carbonyl (C=O) groups excluding carboxylic acids is 1. The van der Waals surface area contributed by atoms with Crippen molar-refractivity contribution in [3.8, 4) is 5.75 Å². The van der Waals surface area contributed by atoms with Gasteiger partial charge in [0.25, 0.3) is 0 Å². The summed E-state index contributed by atoms with van der Waals surface area (Å²) in [5.41, 5.74) is 0. The van der Waals surface area contributed by atoms with Gasteiger partial charge in [0, 0.05) is 17.7 Å². The summed E-state index contributed by atoms with van der Waals surface area (Å²) in [5, 5.41) is 1.99. The fourth-order valence-corrected chi connectivity index (χ4v) is 2.23. The second kappa shape index (κ2) is 6.21. The molecule has 17 heavy (non-hydrogen) atoms. The minimum absolute atomic E-state index is 0.225. The molecule has 0 bridgehead atoms. The van der Waals surface area contributed by atoms with E-state index in [1.807, 2.05) is 47.8 Å². The maximum Gasteiger partial charge on any atom is 0.141 e. The summed E-state index contributed by atoms with van der Waals surface area (Å²) in [7, 11) is 0. The van der Waals surface area contributed by atoms with Crippen molar-refractivity contribution < 1.29 is 9.53 Å². The van der Waals surface area contributed by atoms with Gasteiger partial charge in [-0.2, -0.15) is 0 Å². The standard InChI is InChI=1S/C14H14O2S/c15-12(11-14-7-4-10-17-14)8-9-16-13-5-2-1-3-6-13/h1-7,10H,8-9,11H2. The van der Waals surface area contributed by atoms with Crippen molar-refractivity contribution in [3.05, 3.63) is 52.7 Å². The molecule has 0 aliphatic carbocycles. The Bertz CT molecular complexity index is 448.